The van der Waals surface area contributed by atoms with Gasteiger partial charge in [0.25, 0.3) is 0 Å². The number of esters is 2. The Labute approximate surface area is 355 Å². The van der Waals surface area contributed by atoms with Crippen molar-refractivity contribution in [2.24, 2.45) is 0 Å². The third kappa shape index (κ3) is 43.0. The highest BCUT2D eigenvalue weighted by atomic mass is 31.2. The van der Waals surface area contributed by atoms with E-state index in [0.29, 0.717) is 17.4 Å². The van der Waals surface area contributed by atoms with E-state index in [1.165, 1.54) is 96.0 Å². The predicted octanol–water partition coefficient (Wildman–Crippen LogP) is 13.0. The number of hydrogen-bond acceptors (Lipinski definition) is 7. The van der Waals surface area contributed by atoms with Crippen molar-refractivity contribution in [3.05, 3.63) is 72.9 Å². The van der Waals surface area contributed by atoms with Gasteiger partial charge in [-0.1, -0.05) is 164 Å². The van der Waals surface area contributed by atoms with Crippen LogP contribution in [-0.4, -0.2) is 74.9 Å². The fraction of sp³-hybridized carbons (Fsp3) is 0.708. The number of ether oxygens (including phenoxy) is 2. The standard InChI is InChI=1S/C48H84NO8P/c1-6-8-10-12-14-16-18-20-22-23-24-25-27-28-30-32-34-36-38-40-47(50)54-44-46(45-56-58(52,53)55-43-42-49(3,4)5)57-48(51)41-39-37-35-33-31-29-26-21-19-17-15-13-11-9-7-2/h14,16,20,22,24-25,28,30,35,37,39,41,46H,6-13,15,17-19,21,23,26-27,29,31-34,36,38,40,42-45H2,1-5H3/p+1/b16-14+,22-20+,25-24+,30-28+,37-35+,41-39+/t46-/m1/s1. The third-order valence-corrected chi connectivity index (χ3v) is 10.3. The number of phosphoric acid groups is 1. The molecule has 0 fully saturated rings. The zero-order chi connectivity index (χ0) is 42.8. The second-order valence-electron chi connectivity index (χ2n) is 16.2. The number of nitrogens with zero attached hydrogens (tertiary/aromatic N) is 1. The molecular weight excluding hydrogens is 750 g/mol. The predicted molar refractivity (Wildman–Crippen MR) is 242 cm³/mol. The molecule has 10 heteroatoms. The Morgan fingerprint density at radius 1 is 0.586 bits per heavy atom. The van der Waals surface area contributed by atoms with Crippen molar-refractivity contribution in [3.8, 4) is 0 Å². The molecule has 0 radical (unpaired) electrons. The van der Waals surface area contributed by atoms with Crippen molar-refractivity contribution >= 4 is 19.8 Å². The molecule has 2 atom stereocenters. The van der Waals surface area contributed by atoms with Crippen LogP contribution in [0.4, 0.5) is 0 Å². The molecule has 334 valence electrons. The second-order valence-corrected chi connectivity index (χ2v) is 17.6. The number of unbranched alkanes of at least 4 members (excludes halogenated alkanes) is 17. The van der Waals surface area contributed by atoms with Crippen molar-refractivity contribution in [2.75, 3.05) is 47.5 Å². The Kier molecular flexibility index (Phi) is 38.1. The molecule has 0 aromatic heterocycles. The van der Waals surface area contributed by atoms with E-state index in [2.05, 4.69) is 62.5 Å². The number of quaternary nitrogens is 1. The maximum Gasteiger partial charge on any atom is 0.472 e. The first kappa shape index (κ1) is 55.5. The van der Waals surface area contributed by atoms with Crippen LogP contribution in [0.3, 0.4) is 0 Å². The Bertz CT molecular complexity index is 1220. The van der Waals surface area contributed by atoms with Gasteiger partial charge < -0.3 is 18.9 Å². The molecule has 0 saturated heterocycles. The van der Waals surface area contributed by atoms with Crippen molar-refractivity contribution in [1.29, 1.82) is 0 Å². The van der Waals surface area contributed by atoms with Crippen LogP contribution in [0, 0.1) is 0 Å². The van der Waals surface area contributed by atoms with Crippen LogP contribution in [0.2, 0.25) is 0 Å². The average molecular weight is 835 g/mol. The maximum absolute atomic E-state index is 12.6. The minimum absolute atomic E-state index is 0.00734. The molecule has 0 aromatic carbocycles. The summed E-state index contributed by atoms with van der Waals surface area (Å²) in [5.74, 6) is -1.09. The lowest BCUT2D eigenvalue weighted by atomic mass is 10.1. The Morgan fingerprint density at radius 3 is 1.60 bits per heavy atom. The van der Waals surface area contributed by atoms with E-state index in [0.717, 1.165) is 51.4 Å². The van der Waals surface area contributed by atoms with Crippen molar-refractivity contribution in [1.82, 2.24) is 0 Å². The molecule has 0 aliphatic rings. The number of rotatable bonds is 40. The molecule has 0 spiro atoms. The van der Waals surface area contributed by atoms with E-state index in [4.69, 9.17) is 18.5 Å². The molecule has 58 heavy (non-hydrogen) atoms. The summed E-state index contributed by atoms with van der Waals surface area (Å²) in [5.41, 5.74) is 0. The molecule has 0 amide bonds. The van der Waals surface area contributed by atoms with Gasteiger partial charge in [0.1, 0.15) is 19.8 Å². The fourth-order valence-electron chi connectivity index (χ4n) is 5.73. The van der Waals surface area contributed by atoms with Crippen molar-refractivity contribution < 1.29 is 42.1 Å². The fourth-order valence-corrected chi connectivity index (χ4v) is 6.47. The lowest BCUT2D eigenvalue weighted by Crippen LogP contribution is -2.37. The Balaban J connectivity index is 4.51. The highest BCUT2D eigenvalue weighted by Gasteiger charge is 2.26. The van der Waals surface area contributed by atoms with Gasteiger partial charge in [0.15, 0.2) is 6.10 Å². The van der Waals surface area contributed by atoms with Gasteiger partial charge in [0.05, 0.1) is 27.7 Å². The van der Waals surface area contributed by atoms with Gasteiger partial charge in [0, 0.05) is 12.5 Å². The largest absolute Gasteiger partial charge is 0.472 e. The van der Waals surface area contributed by atoms with Gasteiger partial charge in [0.2, 0.25) is 0 Å². The number of carbonyl (C=O) groups excluding carboxylic acids is 2. The van der Waals surface area contributed by atoms with Gasteiger partial charge in [-0.2, -0.15) is 0 Å². The molecule has 0 rings (SSSR count). The van der Waals surface area contributed by atoms with Gasteiger partial charge in [-0.3, -0.25) is 13.8 Å². The lowest BCUT2D eigenvalue weighted by molar-refractivity contribution is -0.870. The first-order chi connectivity index (χ1) is 28.0. The number of carbonyl (C=O) groups is 2. The third-order valence-electron chi connectivity index (χ3n) is 9.32. The highest BCUT2D eigenvalue weighted by Crippen LogP contribution is 2.43. The number of likely N-dealkylation sites (N-methyl/N-ethyl adjacent to an activating group) is 1. The summed E-state index contributed by atoms with van der Waals surface area (Å²) in [7, 11) is 1.40. The number of phosphoric ester groups is 1. The molecule has 0 saturated carbocycles. The van der Waals surface area contributed by atoms with Crippen molar-refractivity contribution in [2.45, 2.75) is 174 Å². The minimum atomic E-state index is -4.41. The van der Waals surface area contributed by atoms with Crippen LogP contribution in [-0.2, 0) is 32.7 Å². The summed E-state index contributed by atoms with van der Waals surface area (Å²) in [4.78, 5) is 35.2. The zero-order valence-corrected chi connectivity index (χ0v) is 38.4. The molecule has 1 unspecified atom stereocenters. The SMILES string of the molecule is CCCCC/C=C/C/C=C/C/C=C/C/C=C/CCCCCC(=O)OC[C@H](COP(=O)(O)OCC[N+](C)(C)C)OC(=O)/C=C/C=C/CCCCCCCCCCCCC. The quantitative estimate of drug-likeness (QED) is 0.0124. The van der Waals surface area contributed by atoms with Gasteiger partial charge in [-0.25, -0.2) is 9.36 Å². The summed E-state index contributed by atoms with van der Waals surface area (Å²) in [6, 6.07) is 0. The van der Waals surface area contributed by atoms with E-state index in [1.807, 2.05) is 33.3 Å². The van der Waals surface area contributed by atoms with Gasteiger partial charge >= 0.3 is 19.8 Å². The summed E-state index contributed by atoms with van der Waals surface area (Å²) in [5, 5.41) is 0. The van der Waals surface area contributed by atoms with Crippen LogP contribution in [0.5, 0.6) is 0 Å². The van der Waals surface area contributed by atoms with E-state index < -0.39 is 32.5 Å². The molecule has 0 bridgehead atoms. The van der Waals surface area contributed by atoms with Crippen LogP contribution in [0.25, 0.3) is 0 Å². The topological polar surface area (TPSA) is 108 Å². The van der Waals surface area contributed by atoms with Crippen LogP contribution in [0.15, 0.2) is 72.9 Å². The summed E-state index contributed by atoms with van der Waals surface area (Å²) >= 11 is 0. The first-order valence-corrected chi connectivity index (χ1v) is 24.2. The molecule has 0 heterocycles. The molecule has 0 aliphatic carbocycles. The summed E-state index contributed by atoms with van der Waals surface area (Å²) in [6.07, 6.45) is 50.1. The maximum atomic E-state index is 12.6. The summed E-state index contributed by atoms with van der Waals surface area (Å²) in [6.45, 7) is 4.22. The minimum Gasteiger partial charge on any atom is -0.462 e. The van der Waals surface area contributed by atoms with Crippen molar-refractivity contribution in [3.63, 3.8) is 0 Å². The highest BCUT2D eigenvalue weighted by molar-refractivity contribution is 7.47. The molecule has 0 aromatic rings. The van der Waals surface area contributed by atoms with E-state index >= 15 is 0 Å². The van der Waals surface area contributed by atoms with E-state index in [-0.39, 0.29) is 19.6 Å². The molecular formula is C48H85NO8P+. The van der Waals surface area contributed by atoms with Crippen LogP contribution in [0.1, 0.15) is 168 Å². The molecule has 0 aliphatic heterocycles. The molecule has 1 N–H and O–H groups in total. The lowest BCUT2D eigenvalue weighted by Gasteiger charge is -2.24. The first-order valence-electron chi connectivity index (χ1n) is 22.7. The van der Waals surface area contributed by atoms with E-state index in [1.54, 1.807) is 6.08 Å². The van der Waals surface area contributed by atoms with Crippen LogP contribution < -0.4 is 0 Å². The smallest absolute Gasteiger partial charge is 0.462 e. The Morgan fingerprint density at radius 2 is 1.05 bits per heavy atom. The van der Waals surface area contributed by atoms with Crippen LogP contribution >= 0.6 is 7.82 Å². The Hall–Kier alpha value is -2.55. The van der Waals surface area contributed by atoms with Gasteiger partial charge in [-0.15, -0.1) is 0 Å². The monoisotopic (exact) mass is 835 g/mol. The normalized spacial score (nSPS) is 14.2. The molecule has 9 nitrogen and oxygen atoms in total. The summed E-state index contributed by atoms with van der Waals surface area (Å²) < 4.78 is 34.1. The van der Waals surface area contributed by atoms with Gasteiger partial charge in [-0.05, 0) is 64.2 Å². The van der Waals surface area contributed by atoms with E-state index in [9.17, 15) is 19.0 Å². The number of hydrogen-bond donors (Lipinski definition) is 1. The second kappa shape index (κ2) is 39.9. The average Bonchev–Trinajstić information content (AvgIpc) is 3.17. The zero-order valence-electron chi connectivity index (χ0n) is 37.5. The number of allylic oxidation sites excluding steroid dienone is 11.